The van der Waals surface area contributed by atoms with Gasteiger partial charge < -0.3 is 5.73 Å². The summed E-state index contributed by atoms with van der Waals surface area (Å²) in [6.07, 6.45) is 0.910. The van der Waals surface area contributed by atoms with Crippen molar-refractivity contribution in [2.75, 3.05) is 5.73 Å². The molecule has 0 radical (unpaired) electrons. The second kappa shape index (κ2) is 4.41. The predicted molar refractivity (Wildman–Crippen MR) is 68.7 cm³/mol. The lowest BCUT2D eigenvalue weighted by Gasteiger charge is -2.07. The Hall–Kier alpha value is -2.10. The summed E-state index contributed by atoms with van der Waals surface area (Å²) in [5.41, 5.74) is 9.39. The smallest absolute Gasteiger partial charge is 0.266 e. The molecule has 0 saturated carbocycles. The van der Waals surface area contributed by atoms with Crippen molar-refractivity contribution in [2.45, 2.75) is 13.3 Å². The molecule has 1 aromatic carbocycles. The van der Waals surface area contributed by atoms with Gasteiger partial charge in [-0.25, -0.2) is 4.68 Å². The van der Waals surface area contributed by atoms with E-state index >= 15 is 0 Å². The summed E-state index contributed by atoms with van der Waals surface area (Å²) >= 11 is 0. The Labute approximate surface area is 99.7 Å². The van der Waals surface area contributed by atoms with E-state index in [0.29, 0.717) is 0 Å². The van der Waals surface area contributed by atoms with E-state index in [0.717, 1.165) is 28.9 Å². The zero-order valence-electron chi connectivity index (χ0n) is 9.97. The van der Waals surface area contributed by atoms with Crippen LogP contribution in [0.3, 0.4) is 0 Å². The van der Waals surface area contributed by atoms with Crippen LogP contribution in [-0.2, 0) is 13.5 Å². The van der Waals surface area contributed by atoms with Gasteiger partial charge in [0.25, 0.3) is 5.56 Å². The largest absolute Gasteiger partial charge is 0.398 e. The second-order valence-corrected chi connectivity index (χ2v) is 3.95. The van der Waals surface area contributed by atoms with Crippen molar-refractivity contribution in [1.82, 2.24) is 9.78 Å². The van der Waals surface area contributed by atoms with Crippen molar-refractivity contribution >= 4 is 5.69 Å². The van der Waals surface area contributed by atoms with Crippen LogP contribution in [-0.4, -0.2) is 9.78 Å². The van der Waals surface area contributed by atoms with E-state index in [1.807, 2.05) is 18.2 Å². The van der Waals surface area contributed by atoms with E-state index in [1.54, 1.807) is 13.1 Å². The number of aromatic nitrogens is 2. The molecule has 2 aromatic rings. The number of anilines is 1. The van der Waals surface area contributed by atoms with Crippen molar-refractivity contribution in [3.05, 3.63) is 46.2 Å². The highest BCUT2D eigenvalue weighted by Crippen LogP contribution is 2.21. The Bertz CT molecular complexity index is 602. The molecule has 2 rings (SSSR count). The van der Waals surface area contributed by atoms with Crippen LogP contribution >= 0.6 is 0 Å². The molecule has 0 atom stereocenters. The summed E-state index contributed by atoms with van der Waals surface area (Å²) in [6, 6.07) is 9.08. The maximum atomic E-state index is 11.2. The van der Waals surface area contributed by atoms with Gasteiger partial charge in [0.2, 0.25) is 0 Å². The van der Waals surface area contributed by atoms with E-state index in [9.17, 15) is 4.79 Å². The van der Waals surface area contributed by atoms with Gasteiger partial charge in [0.1, 0.15) is 0 Å². The van der Waals surface area contributed by atoms with Crippen molar-refractivity contribution in [2.24, 2.45) is 7.05 Å². The number of hydrogen-bond acceptors (Lipinski definition) is 3. The summed E-state index contributed by atoms with van der Waals surface area (Å²) in [5, 5.41) is 4.19. The molecular weight excluding hydrogens is 214 g/mol. The summed E-state index contributed by atoms with van der Waals surface area (Å²) in [4.78, 5) is 11.2. The average Bonchev–Trinajstić information content (AvgIpc) is 2.32. The van der Waals surface area contributed by atoms with Crippen molar-refractivity contribution in [3.8, 4) is 11.3 Å². The van der Waals surface area contributed by atoms with Crippen LogP contribution in [0.25, 0.3) is 11.3 Å². The molecule has 0 aliphatic rings. The summed E-state index contributed by atoms with van der Waals surface area (Å²) in [5.74, 6) is 0. The molecule has 2 N–H and O–H groups in total. The van der Waals surface area contributed by atoms with Crippen molar-refractivity contribution < 1.29 is 0 Å². The second-order valence-electron chi connectivity index (χ2n) is 3.95. The van der Waals surface area contributed by atoms with Gasteiger partial charge >= 0.3 is 0 Å². The van der Waals surface area contributed by atoms with Crippen LogP contribution in [0, 0.1) is 0 Å². The molecule has 88 valence electrons. The molecule has 0 unspecified atom stereocenters. The van der Waals surface area contributed by atoms with Gasteiger partial charge in [-0.15, -0.1) is 0 Å². The van der Waals surface area contributed by atoms with Gasteiger partial charge in [-0.3, -0.25) is 4.79 Å². The van der Waals surface area contributed by atoms with Crippen LogP contribution in [0.4, 0.5) is 5.69 Å². The minimum Gasteiger partial charge on any atom is -0.398 e. The Morgan fingerprint density at radius 3 is 2.65 bits per heavy atom. The Morgan fingerprint density at radius 2 is 2.06 bits per heavy atom. The number of nitrogens with zero attached hydrogens (tertiary/aromatic N) is 2. The van der Waals surface area contributed by atoms with Crippen LogP contribution < -0.4 is 11.3 Å². The zero-order valence-corrected chi connectivity index (χ0v) is 9.97. The molecule has 0 spiro atoms. The number of aryl methyl sites for hydroxylation is 2. The molecule has 0 saturated heterocycles. The van der Waals surface area contributed by atoms with Gasteiger partial charge in [0.15, 0.2) is 0 Å². The third kappa shape index (κ3) is 2.20. The topological polar surface area (TPSA) is 60.9 Å². The fraction of sp³-hybridized carbons (Fsp3) is 0.231. The summed E-state index contributed by atoms with van der Waals surface area (Å²) < 4.78 is 1.32. The highest BCUT2D eigenvalue weighted by molar-refractivity contribution is 5.65. The molecule has 0 fully saturated rings. The van der Waals surface area contributed by atoms with Gasteiger partial charge in [-0.05, 0) is 24.1 Å². The molecule has 1 heterocycles. The maximum absolute atomic E-state index is 11.2. The van der Waals surface area contributed by atoms with Gasteiger partial charge in [0.05, 0.1) is 5.69 Å². The molecule has 0 aliphatic carbocycles. The van der Waals surface area contributed by atoms with E-state index < -0.39 is 0 Å². The molecule has 0 amide bonds. The summed E-state index contributed by atoms with van der Waals surface area (Å²) in [6.45, 7) is 2.07. The number of rotatable bonds is 2. The standard InChI is InChI=1S/C13H15N3O/c1-3-9-4-5-10(8-11(9)14)12-6-7-13(17)16(2)15-12/h4-8H,3,14H2,1-2H3. The summed E-state index contributed by atoms with van der Waals surface area (Å²) in [7, 11) is 1.63. The van der Waals surface area contributed by atoms with E-state index in [1.165, 1.54) is 10.7 Å². The third-order valence-electron chi connectivity index (χ3n) is 2.78. The monoisotopic (exact) mass is 229 g/mol. The molecule has 1 aromatic heterocycles. The van der Waals surface area contributed by atoms with Crippen molar-refractivity contribution in [3.63, 3.8) is 0 Å². The average molecular weight is 229 g/mol. The number of nitrogens with two attached hydrogens (primary N) is 1. The third-order valence-corrected chi connectivity index (χ3v) is 2.78. The molecule has 4 nitrogen and oxygen atoms in total. The highest BCUT2D eigenvalue weighted by atomic mass is 16.1. The lowest BCUT2D eigenvalue weighted by atomic mass is 10.1. The van der Waals surface area contributed by atoms with Crippen LogP contribution in [0.1, 0.15) is 12.5 Å². The SMILES string of the molecule is CCc1ccc(-c2ccc(=O)n(C)n2)cc1N. The lowest BCUT2D eigenvalue weighted by Crippen LogP contribution is -2.18. The maximum Gasteiger partial charge on any atom is 0.266 e. The minimum absolute atomic E-state index is 0.119. The van der Waals surface area contributed by atoms with E-state index in [-0.39, 0.29) is 5.56 Å². The number of hydrogen-bond donors (Lipinski definition) is 1. The predicted octanol–water partition coefficient (Wildman–Crippen LogP) is 1.59. The Morgan fingerprint density at radius 1 is 1.29 bits per heavy atom. The van der Waals surface area contributed by atoms with Gasteiger partial charge in [-0.1, -0.05) is 19.1 Å². The van der Waals surface area contributed by atoms with Crippen molar-refractivity contribution in [1.29, 1.82) is 0 Å². The van der Waals surface area contributed by atoms with E-state index in [2.05, 4.69) is 12.0 Å². The fourth-order valence-electron chi connectivity index (χ4n) is 1.73. The Kier molecular flexibility index (Phi) is 2.95. The Balaban J connectivity index is 2.49. The van der Waals surface area contributed by atoms with Gasteiger partial charge in [0, 0.05) is 24.4 Å². The first-order valence-corrected chi connectivity index (χ1v) is 5.55. The van der Waals surface area contributed by atoms with Crippen LogP contribution in [0.2, 0.25) is 0 Å². The molecule has 17 heavy (non-hydrogen) atoms. The number of nitrogen functional groups attached to an aromatic ring is 1. The minimum atomic E-state index is -0.119. The molecule has 0 bridgehead atoms. The highest BCUT2D eigenvalue weighted by Gasteiger charge is 2.04. The number of benzene rings is 1. The lowest BCUT2D eigenvalue weighted by molar-refractivity contribution is 0.712. The normalized spacial score (nSPS) is 10.5. The first-order valence-electron chi connectivity index (χ1n) is 5.55. The zero-order chi connectivity index (χ0) is 12.4. The van der Waals surface area contributed by atoms with Crippen LogP contribution in [0.15, 0.2) is 35.1 Å². The van der Waals surface area contributed by atoms with Crippen LogP contribution in [0.5, 0.6) is 0 Å². The first kappa shape index (κ1) is 11.4. The molecule has 0 aliphatic heterocycles. The molecular formula is C13H15N3O. The molecule has 4 heteroatoms. The van der Waals surface area contributed by atoms with E-state index in [4.69, 9.17) is 5.73 Å². The van der Waals surface area contributed by atoms with Gasteiger partial charge in [-0.2, -0.15) is 5.10 Å². The first-order chi connectivity index (χ1) is 8.11. The quantitative estimate of drug-likeness (QED) is 0.795. The fourth-order valence-corrected chi connectivity index (χ4v) is 1.73.